The summed E-state index contributed by atoms with van der Waals surface area (Å²) in [5.74, 6) is -0.770. The second-order valence-corrected chi connectivity index (χ2v) is 6.14. The highest BCUT2D eigenvalue weighted by atomic mass is 16.4. The van der Waals surface area contributed by atoms with E-state index in [1.54, 1.807) is 14.0 Å². The number of rotatable bonds is 5. The van der Waals surface area contributed by atoms with Crippen molar-refractivity contribution in [3.63, 3.8) is 0 Å². The Morgan fingerprint density at radius 2 is 1.84 bits per heavy atom. The fourth-order valence-corrected chi connectivity index (χ4v) is 3.26. The smallest absolute Gasteiger partial charge is 0.324 e. The van der Waals surface area contributed by atoms with E-state index in [0.717, 1.165) is 32.2 Å². The third kappa shape index (κ3) is 3.46. The van der Waals surface area contributed by atoms with Crippen LogP contribution in [0.25, 0.3) is 0 Å². The average molecular weight is 269 g/mol. The molecule has 1 heterocycles. The van der Waals surface area contributed by atoms with Crippen LogP contribution in [0.15, 0.2) is 0 Å². The van der Waals surface area contributed by atoms with Gasteiger partial charge in [-0.2, -0.15) is 0 Å². The Morgan fingerprint density at radius 3 is 2.32 bits per heavy atom. The van der Waals surface area contributed by atoms with Crippen molar-refractivity contribution in [1.29, 1.82) is 0 Å². The minimum absolute atomic E-state index is 0.581. The molecule has 0 aromatic carbocycles. The summed E-state index contributed by atoms with van der Waals surface area (Å²) in [6.07, 6.45) is 5.45. The van der Waals surface area contributed by atoms with Crippen molar-refractivity contribution < 1.29 is 9.90 Å². The van der Waals surface area contributed by atoms with Gasteiger partial charge in [-0.15, -0.1) is 0 Å². The Labute approximate surface area is 115 Å². The first-order chi connectivity index (χ1) is 9.05. The lowest BCUT2D eigenvalue weighted by Crippen LogP contribution is -2.59. The molecule has 1 saturated heterocycles. The maximum atomic E-state index is 11.3. The number of nitrogens with zero attached hydrogens (tertiary/aromatic N) is 2. The van der Waals surface area contributed by atoms with Crippen LogP contribution in [0.4, 0.5) is 0 Å². The summed E-state index contributed by atoms with van der Waals surface area (Å²) < 4.78 is 0. The highest BCUT2D eigenvalue weighted by Gasteiger charge is 2.35. The number of hydrogen-bond donors (Lipinski definition) is 2. The van der Waals surface area contributed by atoms with E-state index in [-0.39, 0.29) is 0 Å². The number of carboxylic acid groups (broad SMARTS) is 1. The monoisotopic (exact) mass is 269 g/mol. The first-order valence-electron chi connectivity index (χ1n) is 7.44. The number of nitrogens with one attached hydrogen (secondary N) is 1. The van der Waals surface area contributed by atoms with Gasteiger partial charge in [0.25, 0.3) is 0 Å². The molecule has 2 rings (SSSR count). The topological polar surface area (TPSA) is 55.8 Å². The van der Waals surface area contributed by atoms with Crippen LogP contribution in [-0.2, 0) is 4.79 Å². The maximum absolute atomic E-state index is 11.3. The third-order valence-electron chi connectivity index (χ3n) is 4.81. The van der Waals surface area contributed by atoms with E-state index in [9.17, 15) is 9.90 Å². The standard InChI is InChI=1S/C14H27N3O2/c1-14(15-2,13(18)19)11-16-7-9-17(10-8-16)12-5-3-4-6-12/h12,15H,3-11H2,1-2H3,(H,18,19). The Balaban J connectivity index is 1.81. The van der Waals surface area contributed by atoms with Crippen molar-refractivity contribution in [2.75, 3.05) is 39.8 Å². The molecule has 5 nitrogen and oxygen atoms in total. The van der Waals surface area contributed by atoms with Gasteiger partial charge in [0.15, 0.2) is 0 Å². The molecule has 19 heavy (non-hydrogen) atoms. The minimum atomic E-state index is -0.838. The molecule has 5 heteroatoms. The first kappa shape index (κ1) is 14.8. The van der Waals surface area contributed by atoms with Crippen molar-refractivity contribution in [2.24, 2.45) is 0 Å². The summed E-state index contributed by atoms with van der Waals surface area (Å²) in [7, 11) is 1.73. The van der Waals surface area contributed by atoms with Crippen LogP contribution in [0.3, 0.4) is 0 Å². The highest BCUT2D eigenvalue weighted by Crippen LogP contribution is 2.24. The van der Waals surface area contributed by atoms with Crippen LogP contribution in [0, 0.1) is 0 Å². The van der Waals surface area contributed by atoms with Gasteiger partial charge in [-0.1, -0.05) is 12.8 Å². The summed E-state index contributed by atoms with van der Waals surface area (Å²) in [4.78, 5) is 16.2. The van der Waals surface area contributed by atoms with E-state index in [1.165, 1.54) is 25.7 Å². The molecule has 0 aromatic rings. The van der Waals surface area contributed by atoms with E-state index in [2.05, 4.69) is 15.1 Å². The normalized spacial score (nSPS) is 26.4. The van der Waals surface area contributed by atoms with Gasteiger partial charge < -0.3 is 10.4 Å². The molecule has 0 amide bonds. The van der Waals surface area contributed by atoms with Crippen molar-refractivity contribution in [1.82, 2.24) is 15.1 Å². The molecule has 2 N–H and O–H groups in total. The van der Waals surface area contributed by atoms with Gasteiger partial charge in [0.05, 0.1) is 0 Å². The van der Waals surface area contributed by atoms with Crippen molar-refractivity contribution in [3.05, 3.63) is 0 Å². The summed E-state index contributed by atoms with van der Waals surface area (Å²) in [5.41, 5.74) is -0.838. The zero-order valence-electron chi connectivity index (χ0n) is 12.2. The molecular weight excluding hydrogens is 242 g/mol. The number of carboxylic acids is 1. The summed E-state index contributed by atoms with van der Waals surface area (Å²) >= 11 is 0. The van der Waals surface area contributed by atoms with Gasteiger partial charge >= 0.3 is 5.97 Å². The second-order valence-electron chi connectivity index (χ2n) is 6.14. The van der Waals surface area contributed by atoms with Gasteiger partial charge in [0.2, 0.25) is 0 Å². The molecule has 1 atom stereocenters. The molecule has 2 fully saturated rings. The summed E-state index contributed by atoms with van der Waals surface area (Å²) in [6.45, 7) is 6.49. The third-order valence-corrected chi connectivity index (χ3v) is 4.81. The Bertz CT molecular complexity index is 310. The summed E-state index contributed by atoms with van der Waals surface area (Å²) in [6, 6.07) is 0.789. The molecule has 0 aromatic heterocycles. The average Bonchev–Trinajstić information content (AvgIpc) is 2.93. The predicted molar refractivity (Wildman–Crippen MR) is 75.4 cm³/mol. The fourth-order valence-electron chi connectivity index (χ4n) is 3.26. The molecule has 1 aliphatic heterocycles. The van der Waals surface area contributed by atoms with E-state index in [0.29, 0.717) is 6.54 Å². The number of carbonyl (C=O) groups is 1. The molecule has 1 unspecified atom stereocenters. The zero-order chi connectivity index (χ0) is 13.9. The molecular formula is C14H27N3O2. The number of aliphatic carboxylic acids is 1. The lowest BCUT2D eigenvalue weighted by molar-refractivity contribution is -0.145. The van der Waals surface area contributed by atoms with Crippen LogP contribution in [0.1, 0.15) is 32.6 Å². The van der Waals surface area contributed by atoms with Gasteiger partial charge in [0, 0.05) is 38.8 Å². The Hall–Kier alpha value is -0.650. The predicted octanol–water partition coefficient (Wildman–Crippen LogP) is 0.609. The fraction of sp³-hybridized carbons (Fsp3) is 0.929. The van der Waals surface area contributed by atoms with Crippen molar-refractivity contribution in [2.45, 2.75) is 44.2 Å². The van der Waals surface area contributed by atoms with Gasteiger partial charge in [-0.25, -0.2) is 0 Å². The Morgan fingerprint density at radius 1 is 1.26 bits per heavy atom. The van der Waals surface area contributed by atoms with Crippen LogP contribution in [0.5, 0.6) is 0 Å². The maximum Gasteiger partial charge on any atom is 0.324 e. The van der Waals surface area contributed by atoms with Gasteiger partial charge in [0.1, 0.15) is 5.54 Å². The van der Waals surface area contributed by atoms with Crippen molar-refractivity contribution >= 4 is 5.97 Å². The molecule has 2 aliphatic rings. The van der Waals surface area contributed by atoms with Gasteiger partial charge in [-0.3, -0.25) is 14.6 Å². The lowest BCUT2D eigenvalue weighted by atomic mass is 10.0. The van der Waals surface area contributed by atoms with Crippen LogP contribution in [0.2, 0.25) is 0 Å². The molecule has 110 valence electrons. The quantitative estimate of drug-likeness (QED) is 0.766. The van der Waals surface area contributed by atoms with Crippen LogP contribution >= 0.6 is 0 Å². The SMILES string of the molecule is CNC(C)(CN1CCN(C2CCCC2)CC1)C(=O)O. The Kier molecular flexibility index (Phi) is 4.81. The van der Waals surface area contributed by atoms with Crippen molar-refractivity contribution in [3.8, 4) is 0 Å². The van der Waals surface area contributed by atoms with E-state index < -0.39 is 11.5 Å². The van der Waals surface area contributed by atoms with E-state index in [1.807, 2.05) is 0 Å². The molecule has 0 bridgehead atoms. The zero-order valence-corrected chi connectivity index (χ0v) is 12.2. The molecule has 0 spiro atoms. The second kappa shape index (κ2) is 6.20. The lowest BCUT2D eigenvalue weighted by Gasteiger charge is -2.40. The first-order valence-corrected chi connectivity index (χ1v) is 7.44. The number of hydrogen-bond acceptors (Lipinski definition) is 4. The molecule has 1 aliphatic carbocycles. The highest BCUT2D eigenvalue weighted by molar-refractivity contribution is 5.78. The molecule has 0 radical (unpaired) electrons. The largest absolute Gasteiger partial charge is 0.480 e. The number of likely N-dealkylation sites (N-methyl/N-ethyl adjacent to an activating group) is 1. The molecule has 1 saturated carbocycles. The van der Waals surface area contributed by atoms with E-state index >= 15 is 0 Å². The van der Waals surface area contributed by atoms with Crippen LogP contribution < -0.4 is 5.32 Å². The van der Waals surface area contributed by atoms with Crippen LogP contribution in [-0.4, -0.2) is 72.2 Å². The van der Waals surface area contributed by atoms with Gasteiger partial charge in [-0.05, 0) is 26.8 Å². The van der Waals surface area contributed by atoms with E-state index in [4.69, 9.17) is 0 Å². The summed E-state index contributed by atoms with van der Waals surface area (Å²) in [5, 5.41) is 12.2. The minimum Gasteiger partial charge on any atom is -0.480 e. The number of piperazine rings is 1.